The van der Waals surface area contributed by atoms with Crippen LogP contribution in [0.5, 0.6) is 0 Å². The Balaban J connectivity index is 1.61. The van der Waals surface area contributed by atoms with E-state index >= 15 is 0 Å². The molecule has 2 N–H and O–H groups in total. The van der Waals surface area contributed by atoms with Crippen LogP contribution in [0.3, 0.4) is 0 Å². The minimum Gasteiger partial charge on any atom is -0.378 e. The van der Waals surface area contributed by atoms with E-state index in [2.05, 4.69) is 40.1 Å². The third-order valence-corrected chi connectivity index (χ3v) is 4.45. The van der Waals surface area contributed by atoms with Crippen LogP contribution in [-0.2, 0) is 11.3 Å². The van der Waals surface area contributed by atoms with Gasteiger partial charge in [0.1, 0.15) is 0 Å². The molecule has 0 spiro atoms. The van der Waals surface area contributed by atoms with E-state index in [1.807, 2.05) is 0 Å². The average molecular weight is 309 g/mol. The third kappa shape index (κ3) is 6.48. The Morgan fingerprint density at radius 2 is 2.24 bits per heavy atom. The summed E-state index contributed by atoms with van der Waals surface area (Å²) in [5.74, 6) is 0.895. The van der Waals surface area contributed by atoms with E-state index in [1.54, 1.807) is 11.3 Å². The van der Waals surface area contributed by atoms with Crippen molar-refractivity contribution < 1.29 is 4.74 Å². The largest absolute Gasteiger partial charge is 0.378 e. The summed E-state index contributed by atoms with van der Waals surface area (Å²) in [6.07, 6.45) is 6.72. The maximum atomic E-state index is 5.86. The fourth-order valence-corrected chi connectivity index (χ4v) is 3.11. The molecule has 0 atom stereocenters. The number of hydrogen-bond acceptors (Lipinski definition) is 3. The van der Waals surface area contributed by atoms with E-state index < -0.39 is 0 Å². The molecule has 1 fully saturated rings. The zero-order chi connectivity index (χ0) is 14.8. The van der Waals surface area contributed by atoms with Crippen LogP contribution in [0.2, 0.25) is 0 Å². The van der Waals surface area contributed by atoms with Crippen molar-refractivity contribution in [2.24, 2.45) is 4.99 Å². The predicted molar refractivity (Wildman–Crippen MR) is 90.0 cm³/mol. The molecule has 0 radical (unpaired) electrons. The molecule has 0 aliphatic heterocycles. The van der Waals surface area contributed by atoms with Crippen LogP contribution in [0.4, 0.5) is 0 Å². The highest BCUT2D eigenvalue weighted by atomic mass is 32.1. The van der Waals surface area contributed by atoms with Gasteiger partial charge in [0.25, 0.3) is 0 Å². The summed E-state index contributed by atoms with van der Waals surface area (Å²) in [6.45, 7) is 5.47. The fourth-order valence-electron chi connectivity index (χ4n) is 2.49. The Labute approximate surface area is 132 Å². The molecule has 5 heteroatoms. The van der Waals surface area contributed by atoms with Crippen LogP contribution in [0, 0.1) is 0 Å². The molecule has 0 amide bonds. The van der Waals surface area contributed by atoms with E-state index in [1.165, 1.54) is 30.6 Å². The molecule has 0 unspecified atom stereocenters. The predicted octanol–water partition coefficient (Wildman–Crippen LogP) is 3.15. The number of hydrogen-bond donors (Lipinski definition) is 2. The van der Waals surface area contributed by atoms with Crippen molar-refractivity contribution in [2.75, 3.05) is 19.7 Å². The van der Waals surface area contributed by atoms with Gasteiger partial charge >= 0.3 is 0 Å². The second-order valence-corrected chi connectivity index (χ2v) is 6.36. The van der Waals surface area contributed by atoms with Crippen molar-refractivity contribution in [2.45, 2.75) is 51.7 Å². The molecule has 1 saturated carbocycles. The first-order valence-electron chi connectivity index (χ1n) is 8.04. The van der Waals surface area contributed by atoms with Crippen LogP contribution in [0.15, 0.2) is 22.5 Å². The SMILES string of the molecule is CCNC(=NCc1cccs1)NCCCOC1CCCC1. The van der Waals surface area contributed by atoms with E-state index in [0.717, 1.165) is 38.6 Å². The van der Waals surface area contributed by atoms with Crippen molar-refractivity contribution in [3.8, 4) is 0 Å². The van der Waals surface area contributed by atoms with Gasteiger partial charge < -0.3 is 15.4 Å². The first kappa shape index (κ1) is 16.3. The van der Waals surface area contributed by atoms with Gasteiger partial charge in [-0.25, -0.2) is 4.99 Å². The quantitative estimate of drug-likeness (QED) is 0.440. The van der Waals surface area contributed by atoms with Crippen molar-refractivity contribution in [1.82, 2.24) is 10.6 Å². The lowest BCUT2D eigenvalue weighted by Gasteiger charge is -2.13. The van der Waals surface area contributed by atoms with Gasteiger partial charge in [0.05, 0.1) is 12.6 Å². The fraction of sp³-hybridized carbons (Fsp3) is 0.688. The number of guanidine groups is 1. The van der Waals surface area contributed by atoms with E-state index in [4.69, 9.17) is 4.74 Å². The van der Waals surface area contributed by atoms with Crippen LogP contribution in [-0.4, -0.2) is 31.8 Å². The van der Waals surface area contributed by atoms with Crippen LogP contribution >= 0.6 is 11.3 Å². The van der Waals surface area contributed by atoms with Crippen molar-refractivity contribution in [3.63, 3.8) is 0 Å². The number of ether oxygens (including phenoxy) is 1. The first-order valence-corrected chi connectivity index (χ1v) is 8.92. The molecule has 1 heterocycles. The lowest BCUT2D eigenvalue weighted by atomic mass is 10.3. The summed E-state index contributed by atoms with van der Waals surface area (Å²) in [7, 11) is 0. The number of rotatable bonds is 8. The summed E-state index contributed by atoms with van der Waals surface area (Å²) in [5, 5.41) is 8.74. The number of nitrogens with zero attached hydrogens (tertiary/aromatic N) is 1. The van der Waals surface area contributed by atoms with Gasteiger partial charge in [-0.15, -0.1) is 11.3 Å². The molecule has 1 aliphatic carbocycles. The second-order valence-electron chi connectivity index (χ2n) is 5.33. The standard InChI is InChI=1S/C16H27N3OS/c1-2-17-16(19-13-15-9-5-12-21-15)18-10-6-11-20-14-7-3-4-8-14/h5,9,12,14H,2-4,6-8,10-11,13H2,1H3,(H2,17,18,19). The molecule has 1 aliphatic rings. The van der Waals surface area contributed by atoms with E-state index in [9.17, 15) is 0 Å². The van der Waals surface area contributed by atoms with Crippen LogP contribution in [0.1, 0.15) is 43.9 Å². The van der Waals surface area contributed by atoms with Gasteiger partial charge in [0.2, 0.25) is 0 Å². The molecule has 0 saturated heterocycles. The molecule has 1 aromatic rings. The Bertz CT molecular complexity index is 400. The summed E-state index contributed by atoms with van der Waals surface area (Å²) >= 11 is 1.75. The lowest BCUT2D eigenvalue weighted by molar-refractivity contribution is 0.0574. The summed E-state index contributed by atoms with van der Waals surface area (Å²) < 4.78 is 5.86. The highest BCUT2D eigenvalue weighted by Crippen LogP contribution is 2.20. The van der Waals surface area contributed by atoms with Crippen molar-refractivity contribution >= 4 is 17.3 Å². The minimum atomic E-state index is 0.519. The Kier molecular flexibility index (Phi) is 7.60. The highest BCUT2D eigenvalue weighted by Gasteiger charge is 2.14. The molecular weight excluding hydrogens is 282 g/mol. The van der Waals surface area contributed by atoms with Gasteiger partial charge in [-0.05, 0) is 37.6 Å². The maximum absolute atomic E-state index is 5.86. The van der Waals surface area contributed by atoms with Gasteiger partial charge in [-0.3, -0.25) is 0 Å². The molecule has 0 bridgehead atoms. The Morgan fingerprint density at radius 1 is 1.38 bits per heavy atom. The monoisotopic (exact) mass is 309 g/mol. The summed E-state index contributed by atoms with van der Waals surface area (Å²) in [4.78, 5) is 5.88. The topological polar surface area (TPSA) is 45.7 Å². The molecule has 2 rings (SSSR count). The molecule has 21 heavy (non-hydrogen) atoms. The van der Waals surface area contributed by atoms with Crippen molar-refractivity contribution in [3.05, 3.63) is 22.4 Å². The normalized spacial score (nSPS) is 16.3. The van der Waals surface area contributed by atoms with E-state index in [-0.39, 0.29) is 0 Å². The first-order chi connectivity index (χ1) is 10.4. The zero-order valence-corrected chi connectivity index (χ0v) is 13.8. The average Bonchev–Trinajstić information content (AvgIpc) is 3.17. The molecule has 0 aromatic carbocycles. The highest BCUT2D eigenvalue weighted by molar-refractivity contribution is 7.09. The molecule has 118 valence electrons. The number of nitrogens with one attached hydrogen (secondary N) is 2. The molecule has 4 nitrogen and oxygen atoms in total. The Hall–Kier alpha value is -1.07. The lowest BCUT2D eigenvalue weighted by Crippen LogP contribution is -2.38. The van der Waals surface area contributed by atoms with E-state index in [0.29, 0.717) is 6.10 Å². The van der Waals surface area contributed by atoms with Gasteiger partial charge in [0.15, 0.2) is 5.96 Å². The number of thiophene rings is 1. The van der Waals surface area contributed by atoms with Crippen LogP contribution in [0.25, 0.3) is 0 Å². The second kappa shape index (κ2) is 9.79. The summed E-state index contributed by atoms with van der Waals surface area (Å²) in [5.41, 5.74) is 0. The third-order valence-electron chi connectivity index (χ3n) is 3.59. The molecule has 1 aromatic heterocycles. The van der Waals surface area contributed by atoms with Gasteiger partial charge in [-0.1, -0.05) is 18.9 Å². The smallest absolute Gasteiger partial charge is 0.191 e. The number of aliphatic imine (C=N–C) groups is 1. The van der Waals surface area contributed by atoms with Gasteiger partial charge in [0, 0.05) is 24.6 Å². The molecular formula is C16H27N3OS. The Morgan fingerprint density at radius 3 is 2.95 bits per heavy atom. The summed E-state index contributed by atoms with van der Waals surface area (Å²) in [6, 6.07) is 4.18. The maximum Gasteiger partial charge on any atom is 0.191 e. The van der Waals surface area contributed by atoms with Gasteiger partial charge in [-0.2, -0.15) is 0 Å². The zero-order valence-electron chi connectivity index (χ0n) is 12.9. The van der Waals surface area contributed by atoms with Crippen LogP contribution < -0.4 is 10.6 Å². The minimum absolute atomic E-state index is 0.519. The van der Waals surface area contributed by atoms with Crippen molar-refractivity contribution in [1.29, 1.82) is 0 Å².